The summed E-state index contributed by atoms with van der Waals surface area (Å²) in [6, 6.07) is 7.43. The maximum atomic E-state index is 8.60. The Bertz CT molecular complexity index is 272. The summed E-state index contributed by atoms with van der Waals surface area (Å²) in [5.41, 5.74) is 0. The molecule has 16 heavy (non-hydrogen) atoms. The van der Waals surface area contributed by atoms with Crippen LogP contribution in [0, 0.1) is 0 Å². The second-order valence-corrected chi connectivity index (χ2v) is 4.23. The van der Waals surface area contributed by atoms with Crippen LogP contribution in [0.3, 0.4) is 0 Å². The quantitative estimate of drug-likeness (QED) is 0.705. The van der Waals surface area contributed by atoms with Crippen molar-refractivity contribution >= 4 is 11.6 Å². The van der Waals surface area contributed by atoms with Gasteiger partial charge in [0.15, 0.2) is 0 Å². The first kappa shape index (κ1) is 13.3. The van der Waals surface area contributed by atoms with Crippen molar-refractivity contribution in [1.82, 2.24) is 0 Å². The van der Waals surface area contributed by atoms with Gasteiger partial charge < -0.3 is 9.84 Å². The molecular formula is C13H19ClO2. The van der Waals surface area contributed by atoms with Crippen LogP contribution in [0.5, 0.6) is 5.75 Å². The summed E-state index contributed by atoms with van der Waals surface area (Å²) in [5, 5.41) is 9.34. The number of aliphatic hydroxyl groups is 1. The summed E-state index contributed by atoms with van der Waals surface area (Å²) in [6.07, 6.45) is 5.42. The summed E-state index contributed by atoms with van der Waals surface area (Å²) in [7, 11) is 0. The van der Waals surface area contributed by atoms with Crippen LogP contribution < -0.4 is 4.74 Å². The first-order valence-corrected chi connectivity index (χ1v) is 6.20. The number of hydrogen-bond donors (Lipinski definition) is 1. The summed E-state index contributed by atoms with van der Waals surface area (Å²) < 4.78 is 5.56. The highest BCUT2D eigenvalue weighted by Crippen LogP contribution is 2.15. The Morgan fingerprint density at radius 2 is 1.56 bits per heavy atom. The van der Waals surface area contributed by atoms with Crippen LogP contribution in [0.15, 0.2) is 24.3 Å². The predicted molar refractivity (Wildman–Crippen MR) is 67.1 cm³/mol. The van der Waals surface area contributed by atoms with Crippen molar-refractivity contribution in [3.8, 4) is 5.75 Å². The Balaban J connectivity index is 2.01. The molecule has 0 amide bonds. The van der Waals surface area contributed by atoms with Crippen molar-refractivity contribution in [1.29, 1.82) is 0 Å². The van der Waals surface area contributed by atoms with Gasteiger partial charge in [-0.2, -0.15) is 0 Å². The maximum Gasteiger partial charge on any atom is 0.119 e. The van der Waals surface area contributed by atoms with Crippen molar-refractivity contribution < 1.29 is 9.84 Å². The molecule has 0 saturated heterocycles. The topological polar surface area (TPSA) is 29.5 Å². The van der Waals surface area contributed by atoms with Gasteiger partial charge in [-0.15, -0.1) is 0 Å². The highest BCUT2D eigenvalue weighted by Gasteiger charge is 1.94. The molecule has 0 aromatic heterocycles. The number of ether oxygens (including phenoxy) is 1. The molecule has 0 heterocycles. The number of aliphatic hydroxyl groups excluding tert-OH is 1. The second-order valence-electron chi connectivity index (χ2n) is 3.79. The molecule has 2 nitrogen and oxygen atoms in total. The third-order valence-corrected chi connectivity index (χ3v) is 2.64. The molecule has 0 fully saturated rings. The number of benzene rings is 1. The van der Waals surface area contributed by atoms with E-state index in [1.807, 2.05) is 24.3 Å². The molecule has 0 radical (unpaired) electrons. The summed E-state index contributed by atoms with van der Waals surface area (Å²) >= 11 is 5.77. The molecular weight excluding hydrogens is 224 g/mol. The molecule has 90 valence electrons. The lowest BCUT2D eigenvalue weighted by Gasteiger charge is -2.05. The molecule has 0 aliphatic heterocycles. The van der Waals surface area contributed by atoms with Crippen molar-refractivity contribution in [2.75, 3.05) is 13.2 Å². The minimum absolute atomic E-state index is 0.307. The minimum atomic E-state index is 0.307. The third-order valence-electron chi connectivity index (χ3n) is 2.38. The van der Waals surface area contributed by atoms with E-state index in [2.05, 4.69) is 0 Å². The number of unbranched alkanes of at least 4 members (excludes halogenated alkanes) is 4. The fourth-order valence-electron chi connectivity index (χ4n) is 1.47. The van der Waals surface area contributed by atoms with Crippen LogP contribution in [0.25, 0.3) is 0 Å². The van der Waals surface area contributed by atoms with E-state index in [0.717, 1.165) is 43.1 Å². The van der Waals surface area contributed by atoms with E-state index < -0.39 is 0 Å². The largest absolute Gasteiger partial charge is 0.494 e. The van der Waals surface area contributed by atoms with E-state index in [-0.39, 0.29) is 0 Å². The number of hydrogen-bond acceptors (Lipinski definition) is 2. The van der Waals surface area contributed by atoms with Gasteiger partial charge in [-0.25, -0.2) is 0 Å². The molecule has 0 bridgehead atoms. The summed E-state index contributed by atoms with van der Waals surface area (Å²) in [6.45, 7) is 1.06. The molecule has 0 spiro atoms. The Morgan fingerprint density at radius 1 is 0.938 bits per heavy atom. The van der Waals surface area contributed by atoms with Crippen LogP contribution in [-0.2, 0) is 0 Å². The van der Waals surface area contributed by atoms with Crippen LogP contribution >= 0.6 is 11.6 Å². The van der Waals surface area contributed by atoms with Crippen LogP contribution in [0.2, 0.25) is 5.02 Å². The third kappa shape index (κ3) is 5.99. The van der Waals surface area contributed by atoms with Crippen LogP contribution in [-0.4, -0.2) is 18.3 Å². The van der Waals surface area contributed by atoms with Crippen molar-refractivity contribution in [3.63, 3.8) is 0 Å². The smallest absolute Gasteiger partial charge is 0.119 e. The molecule has 1 aromatic carbocycles. The average molecular weight is 243 g/mol. The van der Waals surface area contributed by atoms with E-state index in [4.69, 9.17) is 21.4 Å². The van der Waals surface area contributed by atoms with Crippen molar-refractivity contribution in [2.24, 2.45) is 0 Å². The van der Waals surface area contributed by atoms with Gasteiger partial charge in [-0.1, -0.05) is 30.9 Å². The predicted octanol–water partition coefficient (Wildman–Crippen LogP) is 3.66. The molecule has 1 rings (SSSR count). The lowest BCUT2D eigenvalue weighted by molar-refractivity contribution is 0.278. The molecule has 1 N–H and O–H groups in total. The Hall–Kier alpha value is -0.730. The number of rotatable bonds is 8. The summed E-state index contributed by atoms with van der Waals surface area (Å²) in [4.78, 5) is 0. The normalized spacial score (nSPS) is 10.4. The monoisotopic (exact) mass is 242 g/mol. The van der Waals surface area contributed by atoms with E-state index in [1.54, 1.807) is 0 Å². The lowest BCUT2D eigenvalue weighted by Crippen LogP contribution is -1.97. The van der Waals surface area contributed by atoms with Gasteiger partial charge in [0.1, 0.15) is 5.75 Å². The summed E-state index contributed by atoms with van der Waals surface area (Å²) in [5.74, 6) is 0.875. The minimum Gasteiger partial charge on any atom is -0.494 e. The van der Waals surface area contributed by atoms with E-state index in [0.29, 0.717) is 6.61 Å². The zero-order chi connectivity index (χ0) is 11.6. The zero-order valence-electron chi connectivity index (χ0n) is 9.49. The molecule has 3 heteroatoms. The molecule has 0 saturated carbocycles. The Kier molecular flexibility index (Phi) is 7.02. The maximum absolute atomic E-state index is 8.60. The molecule has 0 atom stereocenters. The van der Waals surface area contributed by atoms with Gasteiger partial charge in [-0.05, 0) is 37.1 Å². The average Bonchev–Trinajstić information content (AvgIpc) is 2.30. The van der Waals surface area contributed by atoms with Crippen molar-refractivity contribution in [2.45, 2.75) is 32.1 Å². The van der Waals surface area contributed by atoms with Gasteiger partial charge in [0.05, 0.1) is 6.61 Å². The molecule has 0 aliphatic rings. The van der Waals surface area contributed by atoms with E-state index in [9.17, 15) is 0 Å². The van der Waals surface area contributed by atoms with E-state index in [1.165, 1.54) is 6.42 Å². The fourth-order valence-corrected chi connectivity index (χ4v) is 1.59. The molecule has 0 unspecified atom stereocenters. The molecule has 1 aromatic rings. The lowest BCUT2D eigenvalue weighted by atomic mass is 10.1. The van der Waals surface area contributed by atoms with Gasteiger partial charge in [0.2, 0.25) is 0 Å². The highest BCUT2D eigenvalue weighted by atomic mass is 35.5. The first-order chi connectivity index (χ1) is 7.83. The van der Waals surface area contributed by atoms with Gasteiger partial charge in [0, 0.05) is 11.6 Å². The molecule has 0 aliphatic carbocycles. The fraction of sp³-hybridized carbons (Fsp3) is 0.538. The van der Waals surface area contributed by atoms with Crippen molar-refractivity contribution in [3.05, 3.63) is 29.3 Å². The first-order valence-electron chi connectivity index (χ1n) is 5.82. The zero-order valence-corrected chi connectivity index (χ0v) is 10.2. The van der Waals surface area contributed by atoms with Gasteiger partial charge in [-0.3, -0.25) is 0 Å². The highest BCUT2D eigenvalue weighted by molar-refractivity contribution is 6.30. The van der Waals surface area contributed by atoms with Crippen LogP contribution in [0.4, 0.5) is 0 Å². The van der Waals surface area contributed by atoms with Crippen LogP contribution in [0.1, 0.15) is 32.1 Å². The van der Waals surface area contributed by atoms with Gasteiger partial charge >= 0.3 is 0 Å². The Morgan fingerprint density at radius 3 is 2.25 bits per heavy atom. The SMILES string of the molecule is OCCCCCCCOc1ccc(Cl)cc1. The van der Waals surface area contributed by atoms with E-state index >= 15 is 0 Å². The number of halogens is 1. The van der Waals surface area contributed by atoms with Gasteiger partial charge in [0.25, 0.3) is 0 Å². The Labute approximate surface area is 102 Å². The second kappa shape index (κ2) is 8.43. The standard InChI is InChI=1S/C13H19ClO2/c14-12-6-8-13(9-7-12)16-11-5-3-1-2-4-10-15/h6-9,15H,1-5,10-11H2.